The first-order chi connectivity index (χ1) is 8.72. The maximum absolute atomic E-state index is 5.98. The summed E-state index contributed by atoms with van der Waals surface area (Å²) < 4.78 is 2.78. The number of halogens is 1. The molecule has 2 heterocycles. The van der Waals surface area contributed by atoms with Crippen LogP contribution in [0.4, 0.5) is 5.82 Å². The Balaban J connectivity index is 2.03. The van der Waals surface area contributed by atoms with E-state index in [1.54, 1.807) is 6.20 Å². The third-order valence-corrected chi connectivity index (χ3v) is 3.18. The van der Waals surface area contributed by atoms with E-state index >= 15 is 0 Å². The van der Waals surface area contributed by atoms with Crippen LogP contribution in [0.15, 0.2) is 47.2 Å². The van der Waals surface area contributed by atoms with Crippen molar-refractivity contribution in [2.75, 3.05) is 5.73 Å². The molecule has 0 saturated heterocycles. The van der Waals surface area contributed by atoms with E-state index < -0.39 is 0 Å². The molecule has 0 radical (unpaired) electrons. The number of benzene rings is 1. The minimum absolute atomic E-state index is 0.556. The standard InChI is InChI=1S/C13H11BrN4/c14-11-6-16-18(8-11)7-10-5-9-3-1-2-4-12(9)17-13(10)15/h1-6,8H,7H2,(H2,15,17). The van der Waals surface area contributed by atoms with Crippen molar-refractivity contribution in [3.63, 3.8) is 0 Å². The number of aromatic nitrogens is 3. The molecule has 0 aliphatic rings. The van der Waals surface area contributed by atoms with Crippen molar-refractivity contribution in [3.05, 3.63) is 52.8 Å². The smallest absolute Gasteiger partial charge is 0.129 e. The minimum Gasteiger partial charge on any atom is -0.383 e. The van der Waals surface area contributed by atoms with Crippen molar-refractivity contribution in [3.8, 4) is 0 Å². The number of pyridine rings is 1. The second-order valence-electron chi connectivity index (χ2n) is 4.08. The van der Waals surface area contributed by atoms with Crippen molar-refractivity contribution >= 4 is 32.7 Å². The lowest BCUT2D eigenvalue weighted by atomic mass is 10.1. The average Bonchev–Trinajstić information content (AvgIpc) is 2.76. The number of nitrogens with two attached hydrogens (primary N) is 1. The molecule has 0 amide bonds. The quantitative estimate of drug-likeness (QED) is 0.792. The van der Waals surface area contributed by atoms with Gasteiger partial charge in [0.05, 0.1) is 22.7 Å². The molecule has 90 valence electrons. The van der Waals surface area contributed by atoms with Gasteiger partial charge in [-0.05, 0) is 28.1 Å². The number of para-hydroxylation sites is 1. The second-order valence-corrected chi connectivity index (χ2v) is 5.00. The van der Waals surface area contributed by atoms with Crippen LogP contribution < -0.4 is 5.73 Å². The van der Waals surface area contributed by atoms with Gasteiger partial charge in [0.25, 0.3) is 0 Å². The van der Waals surface area contributed by atoms with Crippen molar-refractivity contribution in [1.29, 1.82) is 0 Å². The van der Waals surface area contributed by atoms with Crippen molar-refractivity contribution in [1.82, 2.24) is 14.8 Å². The van der Waals surface area contributed by atoms with Crippen molar-refractivity contribution in [2.24, 2.45) is 0 Å². The number of hydrogen-bond acceptors (Lipinski definition) is 3. The highest BCUT2D eigenvalue weighted by Gasteiger charge is 2.05. The predicted molar refractivity (Wildman–Crippen MR) is 75.2 cm³/mol. The van der Waals surface area contributed by atoms with Crippen LogP contribution in [0.2, 0.25) is 0 Å². The highest BCUT2D eigenvalue weighted by molar-refractivity contribution is 9.10. The van der Waals surface area contributed by atoms with E-state index in [1.807, 2.05) is 35.1 Å². The summed E-state index contributed by atoms with van der Waals surface area (Å²) >= 11 is 3.37. The Morgan fingerprint density at radius 1 is 1.28 bits per heavy atom. The van der Waals surface area contributed by atoms with E-state index in [0.717, 1.165) is 20.9 Å². The van der Waals surface area contributed by atoms with Gasteiger partial charge in [0.2, 0.25) is 0 Å². The first-order valence-electron chi connectivity index (χ1n) is 5.54. The number of nitrogens with zero attached hydrogens (tertiary/aromatic N) is 3. The highest BCUT2D eigenvalue weighted by atomic mass is 79.9. The number of anilines is 1. The van der Waals surface area contributed by atoms with Gasteiger partial charge in [0.15, 0.2) is 0 Å². The molecule has 0 atom stereocenters. The summed E-state index contributed by atoms with van der Waals surface area (Å²) in [4.78, 5) is 4.40. The van der Waals surface area contributed by atoms with Gasteiger partial charge in [-0.15, -0.1) is 0 Å². The highest BCUT2D eigenvalue weighted by Crippen LogP contribution is 2.19. The van der Waals surface area contributed by atoms with Gasteiger partial charge in [0.1, 0.15) is 5.82 Å². The molecule has 0 aliphatic heterocycles. The Bertz CT molecular complexity index is 705. The van der Waals surface area contributed by atoms with Crippen molar-refractivity contribution in [2.45, 2.75) is 6.54 Å². The van der Waals surface area contributed by atoms with Crippen LogP contribution >= 0.6 is 15.9 Å². The zero-order valence-corrected chi connectivity index (χ0v) is 11.1. The number of hydrogen-bond donors (Lipinski definition) is 1. The van der Waals surface area contributed by atoms with Gasteiger partial charge >= 0.3 is 0 Å². The van der Waals surface area contributed by atoms with E-state index in [2.05, 4.69) is 32.1 Å². The molecule has 2 aromatic heterocycles. The summed E-state index contributed by atoms with van der Waals surface area (Å²) in [7, 11) is 0. The van der Waals surface area contributed by atoms with Gasteiger partial charge in [-0.25, -0.2) is 4.98 Å². The van der Waals surface area contributed by atoms with Crippen LogP contribution in [0.25, 0.3) is 10.9 Å². The van der Waals surface area contributed by atoms with Crippen molar-refractivity contribution < 1.29 is 0 Å². The number of nitrogen functional groups attached to an aromatic ring is 1. The Hall–Kier alpha value is -1.88. The zero-order chi connectivity index (χ0) is 12.5. The monoisotopic (exact) mass is 302 g/mol. The van der Waals surface area contributed by atoms with Gasteiger partial charge in [-0.3, -0.25) is 4.68 Å². The molecular weight excluding hydrogens is 292 g/mol. The summed E-state index contributed by atoms with van der Waals surface area (Å²) in [6, 6.07) is 10.0. The maximum atomic E-state index is 5.98. The lowest BCUT2D eigenvalue weighted by Crippen LogP contribution is -2.05. The molecule has 3 rings (SSSR count). The van der Waals surface area contributed by atoms with Crippen LogP contribution in [0.1, 0.15) is 5.56 Å². The largest absolute Gasteiger partial charge is 0.383 e. The molecule has 1 aromatic carbocycles. The Morgan fingerprint density at radius 3 is 2.89 bits per heavy atom. The third kappa shape index (κ3) is 2.09. The zero-order valence-electron chi connectivity index (χ0n) is 9.55. The Kier molecular flexibility index (Phi) is 2.76. The first-order valence-corrected chi connectivity index (χ1v) is 6.34. The minimum atomic E-state index is 0.556. The SMILES string of the molecule is Nc1nc2ccccc2cc1Cn1cc(Br)cn1. The topological polar surface area (TPSA) is 56.7 Å². The molecular formula is C13H11BrN4. The van der Waals surface area contributed by atoms with Crippen LogP contribution in [0, 0.1) is 0 Å². The number of rotatable bonds is 2. The second kappa shape index (κ2) is 4.42. The van der Waals surface area contributed by atoms with Gasteiger partial charge in [-0.2, -0.15) is 5.10 Å². The maximum Gasteiger partial charge on any atom is 0.129 e. The summed E-state index contributed by atoms with van der Waals surface area (Å²) in [5, 5.41) is 5.31. The summed E-state index contributed by atoms with van der Waals surface area (Å²) in [6.45, 7) is 0.620. The van der Waals surface area contributed by atoms with E-state index in [-0.39, 0.29) is 0 Å². The molecule has 0 unspecified atom stereocenters. The molecule has 3 aromatic rings. The fourth-order valence-corrected chi connectivity index (χ4v) is 2.23. The van der Waals surface area contributed by atoms with Gasteiger partial charge in [0, 0.05) is 17.1 Å². The van der Waals surface area contributed by atoms with Gasteiger partial charge in [-0.1, -0.05) is 18.2 Å². The molecule has 0 bridgehead atoms. The predicted octanol–water partition coefficient (Wildman–Crippen LogP) is 2.82. The molecule has 0 fully saturated rings. The lowest BCUT2D eigenvalue weighted by Gasteiger charge is -2.07. The van der Waals surface area contributed by atoms with E-state index in [0.29, 0.717) is 12.4 Å². The first kappa shape index (κ1) is 11.2. The molecule has 4 nitrogen and oxygen atoms in total. The average molecular weight is 303 g/mol. The third-order valence-electron chi connectivity index (χ3n) is 2.77. The van der Waals surface area contributed by atoms with E-state index in [1.165, 1.54) is 0 Å². The normalized spacial score (nSPS) is 10.9. The van der Waals surface area contributed by atoms with E-state index in [4.69, 9.17) is 5.73 Å². The molecule has 2 N–H and O–H groups in total. The molecule has 18 heavy (non-hydrogen) atoms. The van der Waals surface area contributed by atoms with E-state index in [9.17, 15) is 0 Å². The Morgan fingerprint density at radius 2 is 2.11 bits per heavy atom. The van der Waals surface area contributed by atoms with Crippen LogP contribution in [-0.4, -0.2) is 14.8 Å². The summed E-state index contributed by atoms with van der Waals surface area (Å²) in [5.41, 5.74) is 7.87. The fraction of sp³-hybridized carbons (Fsp3) is 0.0769. The van der Waals surface area contributed by atoms with Crippen LogP contribution in [-0.2, 0) is 6.54 Å². The van der Waals surface area contributed by atoms with Gasteiger partial charge < -0.3 is 5.73 Å². The molecule has 0 aliphatic carbocycles. The van der Waals surface area contributed by atoms with Crippen LogP contribution in [0.3, 0.4) is 0 Å². The summed E-state index contributed by atoms with van der Waals surface area (Å²) in [6.07, 6.45) is 3.67. The fourth-order valence-electron chi connectivity index (χ4n) is 1.90. The Labute approximate surface area is 113 Å². The lowest BCUT2D eigenvalue weighted by molar-refractivity contribution is 0.687. The summed E-state index contributed by atoms with van der Waals surface area (Å²) in [5.74, 6) is 0.556. The molecule has 5 heteroatoms. The number of fused-ring (bicyclic) bond motifs is 1. The van der Waals surface area contributed by atoms with Crippen LogP contribution in [0.5, 0.6) is 0 Å². The molecule has 0 saturated carbocycles. The molecule has 0 spiro atoms.